The van der Waals surface area contributed by atoms with Gasteiger partial charge >= 0.3 is 0 Å². The number of carbonyl (C=O) groups is 1. The molecule has 126 valence electrons. The molecular weight excluding hydrogens is 366 g/mol. The van der Waals surface area contributed by atoms with Gasteiger partial charge in [-0.1, -0.05) is 53.3 Å². The molecule has 0 saturated heterocycles. The first kappa shape index (κ1) is 18.4. The molecule has 6 nitrogen and oxygen atoms in total. The second-order valence-electron chi connectivity index (χ2n) is 4.90. The fraction of sp³-hybridized carbons (Fsp3) is 0.200. The van der Waals surface area contributed by atoms with Crippen molar-refractivity contribution in [1.29, 1.82) is 0 Å². The largest absolute Gasteiger partial charge is 0.325 e. The minimum atomic E-state index is -0.134. The van der Waals surface area contributed by atoms with Crippen molar-refractivity contribution in [3.63, 3.8) is 0 Å². The van der Waals surface area contributed by atoms with Crippen LogP contribution in [0.5, 0.6) is 0 Å². The highest BCUT2D eigenvalue weighted by molar-refractivity contribution is 8.23. The van der Waals surface area contributed by atoms with Crippen molar-refractivity contribution in [1.82, 2.24) is 15.2 Å². The molecule has 0 bridgehead atoms. The summed E-state index contributed by atoms with van der Waals surface area (Å²) in [6.45, 7) is 1.99. The third-order valence-corrected chi connectivity index (χ3v) is 4.32. The normalized spacial score (nSPS) is 10.8. The lowest BCUT2D eigenvalue weighted by atomic mass is 10.2. The predicted molar refractivity (Wildman–Crippen MR) is 104 cm³/mol. The van der Waals surface area contributed by atoms with Gasteiger partial charge < -0.3 is 5.32 Å². The second kappa shape index (κ2) is 8.81. The van der Waals surface area contributed by atoms with Crippen molar-refractivity contribution in [2.45, 2.75) is 6.92 Å². The van der Waals surface area contributed by atoms with E-state index in [1.807, 2.05) is 31.2 Å². The van der Waals surface area contributed by atoms with Gasteiger partial charge in [-0.25, -0.2) is 0 Å². The number of rotatable bonds is 5. The lowest BCUT2D eigenvalue weighted by molar-refractivity contribution is -0.113. The smallest absolute Gasteiger partial charge is 0.234 e. The van der Waals surface area contributed by atoms with Gasteiger partial charge in [0.15, 0.2) is 4.32 Å². The number of hydrazone groups is 1. The standard InChI is InChI=1S/C15H16ClN5OS2/c1-10-3-5-11(6-4-10)18-14(22)9-24-15(23)19-17-7-13-12(16)8-21(2)20-13/h3-8H,9H2,1-2H3,(H,18,22)(H,19,23)/b17-7+. The molecule has 0 aliphatic rings. The topological polar surface area (TPSA) is 71.3 Å². The van der Waals surface area contributed by atoms with E-state index in [1.165, 1.54) is 18.0 Å². The average molecular weight is 382 g/mol. The Kier molecular flexibility index (Phi) is 6.77. The van der Waals surface area contributed by atoms with Gasteiger partial charge in [-0.15, -0.1) is 0 Å². The molecule has 0 unspecified atom stereocenters. The van der Waals surface area contributed by atoms with Gasteiger partial charge in [0.1, 0.15) is 5.69 Å². The van der Waals surface area contributed by atoms with E-state index in [4.69, 9.17) is 23.8 Å². The molecule has 0 spiro atoms. The van der Waals surface area contributed by atoms with Crippen LogP contribution in [-0.4, -0.2) is 32.0 Å². The number of aromatic nitrogens is 2. The molecule has 2 N–H and O–H groups in total. The maximum Gasteiger partial charge on any atom is 0.234 e. The number of carbonyl (C=O) groups excluding carboxylic acids is 1. The van der Waals surface area contributed by atoms with Gasteiger partial charge in [-0.05, 0) is 19.1 Å². The van der Waals surface area contributed by atoms with E-state index in [0.29, 0.717) is 15.0 Å². The molecule has 0 aliphatic heterocycles. The molecular formula is C15H16ClN5OS2. The number of hydrogen-bond donors (Lipinski definition) is 2. The van der Waals surface area contributed by atoms with Crippen molar-refractivity contribution in [3.05, 3.63) is 46.7 Å². The third kappa shape index (κ3) is 5.95. The number of thioether (sulfide) groups is 1. The van der Waals surface area contributed by atoms with Crippen LogP contribution < -0.4 is 10.7 Å². The average Bonchev–Trinajstić information content (AvgIpc) is 2.85. The summed E-state index contributed by atoms with van der Waals surface area (Å²) in [6.07, 6.45) is 3.15. The van der Waals surface area contributed by atoms with Gasteiger partial charge in [-0.3, -0.25) is 14.9 Å². The van der Waals surface area contributed by atoms with Crippen molar-refractivity contribution in [2.75, 3.05) is 11.1 Å². The second-order valence-corrected chi connectivity index (χ2v) is 6.96. The molecule has 0 radical (unpaired) electrons. The minimum Gasteiger partial charge on any atom is -0.325 e. The first-order valence-electron chi connectivity index (χ1n) is 6.95. The van der Waals surface area contributed by atoms with Crippen LogP contribution in [0.15, 0.2) is 35.6 Å². The molecule has 24 heavy (non-hydrogen) atoms. The van der Waals surface area contributed by atoms with E-state index in [0.717, 1.165) is 11.3 Å². The Labute approximate surface area is 154 Å². The number of hydrogen-bond acceptors (Lipinski definition) is 5. The fourth-order valence-electron chi connectivity index (χ4n) is 1.71. The molecule has 1 aromatic carbocycles. The number of thiocarbonyl (C=S) groups is 1. The first-order chi connectivity index (χ1) is 11.4. The number of anilines is 1. The Morgan fingerprint density at radius 1 is 1.46 bits per heavy atom. The van der Waals surface area contributed by atoms with Crippen LogP contribution in [0, 0.1) is 6.92 Å². The molecule has 0 atom stereocenters. The fourth-order valence-corrected chi connectivity index (χ4v) is 2.62. The summed E-state index contributed by atoms with van der Waals surface area (Å²) < 4.78 is 1.98. The summed E-state index contributed by atoms with van der Waals surface area (Å²) in [7, 11) is 1.77. The number of nitrogens with one attached hydrogen (secondary N) is 2. The zero-order valence-electron chi connectivity index (χ0n) is 13.1. The van der Waals surface area contributed by atoms with Crippen LogP contribution in [0.3, 0.4) is 0 Å². The van der Waals surface area contributed by atoms with E-state index < -0.39 is 0 Å². The lowest BCUT2D eigenvalue weighted by Gasteiger charge is -2.05. The highest BCUT2D eigenvalue weighted by Gasteiger charge is 2.05. The van der Waals surface area contributed by atoms with Crippen LogP contribution in [0.2, 0.25) is 5.02 Å². The molecule has 1 amide bonds. The van der Waals surface area contributed by atoms with E-state index >= 15 is 0 Å². The van der Waals surface area contributed by atoms with Crippen molar-refractivity contribution in [2.24, 2.45) is 12.1 Å². The number of benzene rings is 1. The van der Waals surface area contributed by atoms with E-state index in [-0.39, 0.29) is 11.7 Å². The Morgan fingerprint density at radius 2 is 2.17 bits per heavy atom. The highest BCUT2D eigenvalue weighted by atomic mass is 35.5. The number of halogens is 1. The maximum atomic E-state index is 11.9. The summed E-state index contributed by atoms with van der Waals surface area (Å²) in [5, 5.41) is 11.4. The Morgan fingerprint density at radius 3 is 2.79 bits per heavy atom. The van der Waals surface area contributed by atoms with Gasteiger partial charge in [-0.2, -0.15) is 10.2 Å². The SMILES string of the molecule is Cc1ccc(NC(=O)CSC(=S)N/N=C/c2nn(C)cc2Cl)cc1. The number of amides is 1. The van der Waals surface area contributed by atoms with Gasteiger partial charge in [0.2, 0.25) is 5.91 Å². The molecule has 2 aromatic rings. The molecule has 0 saturated carbocycles. The summed E-state index contributed by atoms with van der Waals surface area (Å²) in [5.41, 5.74) is 5.10. The van der Waals surface area contributed by atoms with E-state index in [2.05, 4.69) is 20.9 Å². The summed E-state index contributed by atoms with van der Waals surface area (Å²) >= 11 is 12.3. The molecule has 1 heterocycles. The minimum absolute atomic E-state index is 0.134. The molecule has 9 heteroatoms. The monoisotopic (exact) mass is 381 g/mol. The lowest BCUT2D eigenvalue weighted by Crippen LogP contribution is -2.18. The zero-order chi connectivity index (χ0) is 17.5. The predicted octanol–water partition coefficient (Wildman–Crippen LogP) is 2.96. The molecule has 0 aliphatic carbocycles. The summed E-state index contributed by atoms with van der Waals surface area (Å²) in [4.78, 5) is 11.9. The van der Waals surface area contributed by atoms with Crippen LogP contribution in [0.1, 0.15) is 11.3 Å². The Balaban J connectivity index is 1.73. The maximum absolute atomic E-state index is 11.9. The van der Waals surface area contributed by atoms with Gasteiger partial charge in [0.05, 0.1) is 17.0 Å². The number of aryl methyl sites for hydroxylation is 2. The van der Waals surface area contributed by atoms with Gasteiger partial charge in [0.25, 0.3) is 0 Å². The summed E-state index contributed by atoms with van der Waals surface area (Å²) in [5.74, 6) is 0.0595. The molecule has 2 rings (SSSR count). The third-order valence-electron chi connectivity index (χ3n) is 2.82. The van der Waals surface area contributed by atoms with Crippen LogP contribution in [0.25, 0.3) is 0 Å². The van der Waals surface area contributed by atoms with Crippen molar-refractivity contribution >= 4 is 57.7 Å². The Hall–Kier alpha value is -1.90. The first-order valence-corrected chi connectivity index (χ1v) is 8.72. The summed E-state index contributed by atoms with van der Waals surface area (Å²) in [6, 6.07) is 7.59. The Bertz CT molecular complexity index is 758. The van der Waals surface area contributed by atoms with Crippen LogP contribution in [0.4, 0.5) is 5.69 Å². The van der Waals surface area contributed by atoms with Crippen LogP contribution >= 0.6 is 35.6 Å². The quantitative estimate of drug-likeness (QED) is 0.473. The molecule has 1 aromatic heterocycles. The van der Waals surface area contributed by atoms with Gasteiger partial charge in [0, 0.05) is 18.9 Å². The van der Waals surface area contributed by atoms with Crippen LogP contribution in [-0.2, 0) is 11.8 Å². The van der Waals surface area contributed by atoms with Crippen molar-refractivity contribution < 1.29 is 4.79 Å². The zero-order valence-corrected chi connectivity index (χ0v) is 15.5. The van der Waals surface area contributed by atoms with Crippen molar-refractivity contribution in [3.8, 4) is 0 Å². The highest BCUT2D eigenvalue weighted by Crippen LogP contribution is 2.11. The number of nitrogens with zero attached hydrogens (tertiary/aromatic N) is 3. The molecule has 0 fully saturated rings. The van der Waals surface area contributed by atoms with E-state index in [1.54, 1.807) is 17.9 Å². The van der Waals surface area contributed by atoms with E-state index in [9.17, 15) is 4.79 Å².